The van der Waals surface area contributed by atoms with Gasteiger partial charge >= 0.3 is 0 Å². The molecule has 27 heavy (non-hydrogen) atoms. The molecule has 2 unspecified atom stereocenters. The van der Waals surface area contributed by atoms with Crippen LogP contribution in [0.5, 0.6) is 11.5 Å². The van der Waals surface area contributed by atoms with Crippen molar-refractivity contribution < 1.29 is 9.84 Å². The zero-order chi connectivity index (χ0) is 18.8. The van der Waals surface area contributed by atoms with Crippen LogP contribution in [-0.2, 0) is 0 Å². The van der Waals surface area contributed by atoms with Crippen molar-refractivity contribution in [3.8, 4) is 11.5 Å². The fourth-order valence-corrected chi connectivity index (χ4v) is 4.13. The third-order valence-electron chi connectivity index (χ3n) is 4.69. The number of halogens is 1. The van der Waals surface area contributed by atoms with Crippen molar-refractivity contribution >= 4 is 28.6 Å². The normalized spacial score (nSPS) is 19.6. The Balaban J connectivity index is 1.73. The van der Waals surface area contributed by atoms with Crippen LogP contribution in [0.15, 0.2) is 64.3 Å². The molecular weight excluding hydrogens is 380 g/mol. The second-order valence-corrected chi connectivity index (χ2v) is 7.61. The first kappa shape index (κ1) is 18.0. The van der Waals surface area contributed by atoms with Gasteiger partial charge in [-0.05, 0) is 64.9 Å². The maximum atomic E-state index is 10.4. The SMILES string of the molecule is COc1ccc(C2=NC(c3ccsc3)NC(c3cc(Cl)ccc3O)C2)cc1. The minimum Gasteiger partial charge on any atom is -0.508 e. The van der Waals surface area contributed by atoms with E-state index in [0.29, 0.717) is 11.4 Å². The Kier molecular flexibility index (Phi) is 5.16. The molecule has 1 aliphatic rings. The molecule has 6 heteroatoms. The van der Waals surface area contributed by atoms with E-state index in [2.05, 4.69) is 16.8 Å². The molecule has 0 radical (unpaired) electrons. The summed E-state index contributed by atoms with van der Waals surface area (Å²) in [5.41, 5.74) is 3.92. The van der Waals surface area contributed by atoms with Crippen molar-refractivity contribution in [3.63, 3.8) is 0 Å². The first-order chi connectivity index (χ1) is 13.1. The highest BCUT2D eigenvalue weighted by atomic mass is 35.5. The van der Waals surface area contributed by atoms with E-state index in [4.69, 9.17) is 21.3 Å². The monoisotopic (exact) mass is 398 g/mol. The van der Waals surface area contributed by atoms with Gasteiger partial charge in [-0.3, -0.25) is 10.3 Å². The third kappa shape index (κ3) is 3.86. The number of aromatic hydroxyl groups is 1. The highest BCUT2D eigenvalue weighted by Gasteiger charge is 2.28. The van der Waals surface area contributed by atoms with Gasteiger partial charge in [-0.1, -0.05) is 11.6 Å². The molecule has 2 N–H and O–H groups in total. The average molecular weight is 399 g/mol. The molecule has 0 fully saturated rings. The molecule has 2 heterocycles. The van der Waals surface area contributed by atoms with Gasteiger partial charge in [-0.2, -0.15) is 11.3 Å². The quantitative estimate of drug-likeness (QED) is 0.623. The number of nitrogens with one attached hydrogen (secondary N) is 1. The van der Waals surface area contributed by atoms with Crippen LogP contribution in [-0.4, -0.2) is 17.9 Å². The van der Waals surface area contributed by atoms with Gasteiger partial charge in [-0.25, -0.2) is 0 Å². The van der Waals surface area contributed by atoms with Gasteiger partial charge in [0, 0.05) is 34.3 Å². The maximum Gasteiger partial charge on any atom is 0.127 e. The molecule has 2 atom stereocenters. The van der Waals surface area contributed by atoms with Crippen molar-refractivity contribution in [3.05, 3.63) is 81.0 Å². The van der Waals surface area contributed by atoms with Crippen LogP contribution in [0.3, 0.4) is 0 Å². The third-order valence-corrected chi connectivity index (χ3v) is 5.63. The first-order valence-corrected chi connectivity index (χ1v) is 9.94. The molecule has 0 bridgehead atoms. The lowest BCUT2D eigenvalue weighted by Gasteiger charge is -2.30. The Morgan fingerprint density at radius 3 is 2.70 bits per heavy atom. The number of aliphatic imine (C=N–C) groups is 1. The van der Waals surface area contributed by atoms with Gasteiger partial charge < -0.3 is 9.84 Å². The highest BCUT2D eigenvalue weighted by molar-refractivity contribution is 7.08. The van der Waals surface area contributed by atoms with Crippen molar-refractivity contribution in [2.24, 2.45) is 4.99 Å². The Morgan fingerprint density at radius 1 is 1.19 bits per heavy atom. The number of phenols is 1. The van der Waals surface area contributed by atoms with Crippen LogP contribution in [0.2, 0.25) is 5.02 Å². The zero-order valence-corrected chi connectivity index (χ0v) is 16.3. The van der Waals surface area contributed by atoms with Gasteiger partial charge in [0.1, 0.15) is 17.7 Å². The number of hydrogen-bond donors (Lipinski definition) is 2. The van der Waals surface area contributed by atoms with Gasteiger partial charge in [-0.15, -0.1) is 0 Å². The first-order valence-electron chi connectivity index (χ1n) is 8.61. The maximum absolute atomic E-state index is 10.4. The molecule has 138 valence electrons. The van der Waals surface area contributed by atoms with E-state index in [1.54, 1.807) is 30.6 Å². The number of nitrogens with zero attached hydrogens (tertiary/aromatic N) is 1. The number of rotatable bonds is 4. The molecule has 4 rings (SSSR count). The van der Waals surface area contributed by atoms with Gasteiger partial charge in [0.25, 0.3) is 0 Å². The number of phenolic OH excluding ortho intramolecular Hbond substituents is 1. The molecule has 0 aliphatic carbocycles. The predicted octanol–water partition coefficient (Wildman–Crippen LogP) is 5.34. The van der Waals surface area contributed by atoms with E-state index in [0.717, 1.165) is 28.2 Å². The summed E-state index contributed by atoms with van der Waals surface area (Å²) >= 11 is 7.82. The smallest absolute Gasteiger partial charge is 0.127 e. The number of methoxy groups -OCH3 is 1. The Hall–Kier alpha value is -2.34. The largest absolute Gasteiger partial charge is 0.508 e. The summed E-state index contributed by atoms with van der Waals surface area (Å²) in [6, 6.07) is 15.0. The van der Waals surface area contributed by atoms with Gasteiger partial charge in [0.15, 0.2) is 0 Å². The van der Waals surface area contributed by atoms with E-state index in [1.807, 2.05) is 35.7 Å². The van der Waals surface area contributed by atoms with Crippen molar-refractivity contribution in [1.82, 2.24) is 5.32 Å². The van der Waals surface area contributed by atoms with Gasteiger partial charge in [0.05, 0.1) is 7.11 Å². The summed E-state index contributed by atoms with van der Waals surface area (Å²) in [6.45, 7) is 0. The Bertz CT molecular complexity index is 955. The zero-order valence-electron chi connectivity index (χ0n) is 14.7. The topological polar surface area (TPSA) is 53.8 Å². The molecule has 0 spiro atoms. The van der Waals surface area contributed by atoms with E-state index in [1.165, 1.54) is 0 Å². The standard InChI is InChI=1S/C21H19ClN2O2S/c1-26-16-5-2-13(3-6-16)18-11-19(17-10-15(22)4-7-20(17)25)24-21(23-18)14-8-9-27-12-14/h2-10,12,19,21,24-25H,11H2,1H3. The van der Waals surface area contributed by atoms with E-state index in [9.17, 15) is 5.11 Å². The molecule has 0 saturated heterocycles. The Morgan fingerprint density at radius 2 is 2.00 bits per heavy atom. The fraction of sp³-hybridized carbons (Fsp3) is 0.190. The lowest BCUT2D eigenvalue weighted by atomic mass is 9.94. The summed E-state index contributed by atoms with van der Waals surface area (Å²) < 4.78 is 5.26. The average Bonchev–Trinajstić information content (AvgIpc) is 3.24. The lowest BCUT2D eigenvalue weighted by Crippen LogP contribution is -2.32. The summed E-state index contributed by atoms with van der Waals surface area (Å²) in [5, 5.41) is 18.6. The molecular formula is C21H19ClN2O2S. The van der Waals surface area contributed by atoms with Crippen molar-refractivity contribution in [2.75, 3.05) is 7.11 Å². The van der Waals surface area contributed by atoms with Crippen LogP contribution < -0.4 is 10.1 Å². The van der Waals surface area contributed by atoms with Crippen LogP contribution in [0, 0.1) is 0 Å². The molecule has 0 saturated carbocycles. The minimum absolute atomic E-state index is 0.0943. The molecule has 3 aromatic rings. The van der Waals surface area contributed by atoms with Gasteiger partial charge in [0.2, 0.25) is 0 Å². The predicted molar refractivity (Wildman–Crippen MR) is 110 cm³/mol. The van der Waals surface area contributed by atoms with Crippen LogP contribution in [0.4, 0.5) is 0 Å². The van der Waals surface area contributed by atoms with Crippen LogP contribution in [0.1, 0.15) is 35.3 Å². The summed E-state index contributed by atoms with van der Waals surface area (Å²) in [7, 11) is 1.65. The van der Waals surface area contributed by atoms with Crippen molar-refractivity contribution in [1.29, 1.82) is 0 Å². The molecule has 4 nitrogen and oxygen atoms in total. The summed E-state index contributed by atoms with van der Waals surface area (Å²) in [5.74, 6) is 1.05. The van der Waals surface area contributed by atoms with E-state index >= 15 is 0 Å². The summed E-state index contributed by atoms with van der Waals surface area (Å²) in [6.07, 6.45) is 0.478. The highest BCUT2D eigenvalue weighted by Crippen LogP contribution is 2.36. The number of ether oxygens (including phenoxy) is 1. The fourth-order valence-electron chi connectivity index (χ4n) is 3.27. The van der Waals surface area contributed by atoms with E-state index < -0.39 is 0 Å². The molecule has 2 aromatic carbocycles. The van der Waals surface area contributed by atoms with Crippen LogP contribution in [0.25, 0.3) is 0 Å². The van der Waals surface area contributed by atoms with Crippen LogP contribution >= 0.6 is 22.9 Å². The number of thiophene rings is 1. The molecule has 0 amide bonds. The summed E-state index contributed by atoms with van der Waals surface area (Å²) in [4.78, 5) is 4.93. The Labute approximate surface area is 167 Å². The number of benzene rings is 2. The van der Waals surface area contributed by atoms with E-state index in [-0.39, 0.29) is 18.0 Å². The van der Waals surface area contributed by atoms with Crippen molar-refractivity contribution in [2.45, 2.75) is 18.6 Å². The second-order valence-electron chi connectivity index (χ2n) is 6.39. The lowest BCUT2D eigenvalue weighted by molar-refractivity contribution is 0.412. The second kappa shape index (κ2) is 7.72. The molecule has 1 aliphatic heterocycles. The molecule has 1 aromatic heterocycles. The minimum atomic E-state index is -0.175. The number of hydrogen-bond acceptors (Lipinski definition) is 5.